The molecule has 0 saturated carbocycles. The first-order valence-electron chi connectivity index (χ1n) is 43.9. The number of ketones is 3. The number of rotatable bonds is 58. The van der Waals surface area contributed by atoms with Crippen LogP contribution in [0.15, 0.2) is 0 Å². The number of amides is 3. The van der Waals surface area contributed by atoms with E-state index in [1.54, 1.807) is 0 Å². The van der Waals surface area contributed by atoms with Crippen molar-refractivity contribution in [3.63, 3.8) is 0 Å². The molecule has 0 aromatic rings. The van der Waals surface area contributed by atoms with E-state index in [0.717, 1.165) is 62.7 Å². The van der Waals surface area contributed by atoms with Gasteiger partial charge in [-0.3, -0.25) is 71.9 Å². The normalized spacial score (nSPS) is 19.4. The van der Waals surface area contributed by atoms with Gasteiger partial charge in [-0.15, -0.1) is 0 Å². The first kappa shape index (κ1) is 170. The Morgan fingerprint density at radius 2 is 0.596 bits per heavy atom. The first-order chi connectivity index (χ1) is 61.0. The average molecular weight is 2640 g/mol. The van der Waals surface area contributed by atoms with Crippen molar-refractivity contribution in [3.8, 4) is 0 Å². The molecule has 15 atom stereocenters. The van der Waals surface area contributed by atoms with Crippen LogP contribution in [0.1, 0.15) is 179 Å². The van der Waals surface area contributed by atoms with Gasteiger partial charge in [0.05, 0.1) is 30.6 Å². The van der Waals surface area contributed by atoms with Crippen molar-refractivity contribution in [1.29, 1.82) is 0 Å². The van der Waals surface area contributed by atoms with E-state index in [1.165, 1.54) is 58.5 Å². The third-order valence-electron chi connectivity index (χ3n) is 20.1. The predicted octanol–water partition coefficient (Wildman–Crippen LogP) is 7.31. The molecule has 3 aliphatic rings. The number of carboxylic acid groups (broad SMARTS) is 2. The molecule has 39 nitrogen and oxygen atoms in total. The van der Waals surface area contributed by atoms with E-state index in [0.29, 0.717) is 124 Å². The van der Waals surface area contributed by atoms with Gasteiger partial charge in [0.2, 0.25) is 17.7 Å². The van der Waals surface area contributed by atoms with Crippen LogP contribution >= 0.6 is 0 Å². The van der Waals surface area contributed by atoms with Gasteiger partial charge in [-0.25, -0.2) is 0 Å². The standard InChI is InChI=1S/3C22H37O8.C8H15BN2O3.C7H13BN2O3.C6H11BN2O3.6CH3.3V.3W/c3*1-6-26-12-9-11-19(25)10-7-8-13-27-22-16(3)15(2)21(29-18(5)24)20(30-22)14-28-17(4)23;1-10(2)3-4-11(6-8(13)14)7(12)5-9;1-13-7(12)5-10(3-2-9)6(11)4-8;7-3-5(10)9(2-1-8)4-6(11)12;;;;;;;;;;;;/h3*15-16,20-22H,1,6-14H2,2-5H3;3-6H2,1-2H3,(H,13,14);2-5,9H2,1H3;1-4,8H2,(H,11,12);6*1H3;;;;;;/q3*-1;;;;6*-1;3*+2;;;. The van der Waals surface area contributed by atoms with Crippen LogP contribution in [-0.2, 0) is 267 Å². The van der Waals surface area contributed by atoms with Crippen LogP contribution < -0.4 is 11.5 Å². The van der Waals surface area contributed by atoms with Crippen molar-refractivity contribution < 1.29 is 277 Å². The number of aliphatic carboxylic acids is 2. The molecule has 15 unspecified atom stereocenters. The quantitative estimate of drug-likeness (QED) is 0.0152. The van der Waals surface area contributed by atoms with Crippen LogP contribution in [0.2, 0.25) is 19.0 Å². The topological polar surface area (TPSA) is 509 Å². The molecule has 6 N–H and O–H groups in total. The van der Waals surface area contributed by atoms with Gasteiger partial charge < -0.3 is 182 Å². The van der Waals surface area contributed by atoms with E-state index in [4.69, 9.17) is 116 Å². The molecule has 48 heteroatoms. The maximum atomic E-state index is 11.8. The summed E-state index contributed by atoms with van der Waals surface area (Å²) < 4.78 is 87.0. The van der Waals surface area contributed by atoms with E-state index in [-0.39, 0.29) is 300 Å². The van der Waals surface area contributed by atoms with Crippen LogP contribution in [0.3, 0.4) is 0 Å². The number of nitrogens with two attached hydrogens (primary N) is 2. The molecule has 3 saturated heterocycles. The summed E-state index contributed by atoms with van der Waals surface area (Å²) in [5.74, 6) is -5.57. The molecule has 141 heavy (non-hydrogen) atoms. The van der Waals surface area contributed by atoms with Gasteiger partial charge in [0.1, 0.15) is 93.4 Å². The minimum Gasteiger partial charge on any atom is -0.480 e. The fourth-order valence-electron chi connectivity index (χ4n) is 12.6. The van der Waals surface area contributed by atoms with Gasteiger partial charge in [-0.1, -0.05) is 61.4 Å². The number of carbonyl (C=O) groups is 15. The Morgan fingerprint density at radius 1 is 0.355 bits per heavy atom. The number of Topliss-reactive ketones (excluding diaryl/α,β-unsaturated/α-hetero) is 3. The number of nitrogens with zero attached hydrogens (tertiary/aromatic N) is 4. The third kappa shape index (κ3) is 86.7. The second kappa shape index (κ2) is 106. The van der Waals surface area contributed by atoms with Crippen molar-refractivity contribution in [2.24, 2.45) is 47.0 Å². The van der Waals surface area contributed by atoms with Crippen molar-refractivity contribution >= 4 is 112 Å². The van der Waals surface area contributed by atoms with Crippen LogP contribution in [0.4, 0.5) is 0 Å². The van der Waals surface area contributed by atoms with Gasteiger partial charge in [-0.2, -0.15) is 0 Å². The summed E-state index contributed by atoms with van der Waals surface area (Å²) in [6.45, 7) is 36.3. The second-order valence-electron chi connectivity index (χ2n) is 31.0. The molecule has 3 amide bonds. The van der Waals surface area contributed by atoms with Gasteiger partial charge in [-0.05, 0) is 90.8 Å². The minimum atomic E-state index is -1.06. The maximum absolute atomic E-state index is 11.8. The fraction of sp³-hybridized carbons (Fsp3) is 0.742. The minimum absolute atomic E-state index is 0. The van der Waals surface area contributed by atoms with Gasteiger partial charge in [0.25, 0.3) is 0 Å². The van der Waals surface area contributed by atoms with E-state index < -0.39 is 115 Å². The summed E-state index contributed by atoms with van der Waals surface area (Å²) in [6, 6.07) is 0. The van der Waals surface area contributed by atoms with Crippen molar-refractivity contribution in [2.75, 3.05) is 159 Å². The fourth-order valence-corrected chi connectivity index (χ4v) is 12.6. The molecule has 3 aliphatic heterocycles. The number of hydrogen-bond acceptors (Lipinski definition) is 34. The molecule has 3 fully saturated rings. The summed E-state index contributed by atoms with van der Waals surface area (Å²) in [6.07, 6.45) is 4.53. The summed E-state index contributed by atoms with van der Waals surface area (Å²) in [5.41, 5.74) is 10.4. The SMILES string of the molecule is [B]CC(=O)N(CCN(C)C)CC(=O)O.[B]CC(=O)N(CCN)CC(=O)O.[B]CC(=O)N(CCN)CC(=O)OC.[CH2-]COCCCC(=O)CCCCOC1OC(COC(C)=O)C(OC(C)=O)C(C)C1C.[CH2-]COCCCC(=O)CCCCOC1OC(COC(C)=O)C(OC(C)=O)C(C)C1C.[CH2-]COCCCC(=O)CCCCOC1OC(COC(C)=O)C(OC(C)=O)C(C)C1C.[CH3-].[CH3-].[CH3-].[CH3-].[CH3-].[CH3-].[V+2].[V+2].[V+2].[W].[W].[W]. The number of unbranched alkanes of at least 4 members (excludes halogenated alkanes) is 3. The Morgan fingerprint density at radius 3 is 0.801 bits per heavy atom. The van der Waals surface area contributed by atoms with Crippen LogP contribution in [-0.4, -0.2) is 357 Å². The Kier molecular flexibility index (Phi) is 128. The number of carboxylic acids is 2. The molecule has 0 bridgehead atoms. The van der Waals surface area contributed by atoms with Gasteiger partial charge >= 0.3 is 109 Å². The van der Waals surface area contributed by atoms with Crippen LogP contribution in [0.5, 0.6) is 0 Å². The largest absolute Gasteiger partial charge is 2.00 e. The van der Waals surface area contributed by atoms with Crippen molar-refractivity contribution in [2.45, 2.75) is 254 Å². The molecule has 9 radical (unpaired) electrons. The zero-order chi connectivity index (χ0) is 98.5. The second-order valence-corrected chi connectivity index (χ2v) is 31.0. The molecule has 0 aromatic carbocycles. The number of ether oxygens (including phenoxy) is 16. The summed E-state index contributed by atoms with van der Waals surface area (Å²) in [4.78, 5) is 174. The predicted molar refractivity (Wildman–Crippen MR) is 512 cm³/mol. The smallest absolute Gasteiger partial charge is 0.480 e. The Hall–Kier alpha value is -3.82. The van der Waals surface area contributed by atoms with E-state index >= 15 is 0 Å². The molecular formula is C93H168B3N6O33V3W3-3. The number of hydrogen-bond donors (Lipinski definition) is 4. The van der Waals surface area contributed by atoms with E-state index in [1.807, 2.05) is 60.5 Å². The molecule has 3 heterocycles. The number of esters is 7. The Bertz CT molecular complexity index is 3010. The van der Waals surface area contributed by atoms with Gasteiger partial charge in [0.15, 0.2) is 18.9 Å². The van der Waals surface area contributed by atoms with Crippen LogP contribution in [0, 0.1) is 101 Å². The maximum Gasteiger partial charge on any atom is 2.00 e. The Balaban J connectivity index is -0.000000106. The van der Waals surface area contributed by atoms with E-state index in [2.05, 4.69) is 25.5 Å². The van der Waals surface area contributed by atoms with Crippen LogP contribution in [0.25, 0.3) is 0 Å². The monoisotopic (exact) mass is 2630 g/mol. The number of methoxy groups -OCH3 is 1. The van der Waals surface area contributed by atoms with Crippen molar-refractivity contribution in [1.82, 2.24) is 19.6 Å². The zero-order valence-corrected chi connectivity index (χ0v) is 101. The molecule has 813 valence electrons. The molecule has 0 spiro atoms. The first-order valence-corrected chi connectivity index (χ1v) is 43.9. The molecule has 0 aromatic heterocycles. The summed E-state index contributed by atoms with van der Waals surface area (Å²) in [5, 5.41) is 16.9. The summed E-state index contributed by atoms with van der Waals surface area (Å²) in [7, 11) is 20.3. The van der Waals surface area contributed by atoms with E-state index in [9.17, 15) is 71.9 Å². The van der Waals surface area contributed by atoms with Gasteiger partial charge in [0, 0.05) is 258 Å². The summed E-state index contributed by atoms with van der Waals surface area (Å²) >= 11 is 0. The molecular weight excluding hydrogens is 2470 g/mol. The Labute approximate surface area is 927 Å². The third-order valence-corrected chi connectivity index (χ3v) is 20.1. The number of likely N-dealkylation sites (N-methyl/N-ethyl adjacent to an activating group) is 1. The average Bonchev–Trinajstić information content (AvgIpc) is 0.814. The van der Waals surface area contributed by atoms with Crippen molar-refractivity contribution in [3.05, 3.63) is 65.3 Å². The molecule has 0 aliphatic carbocycles. The molecule has 3 rings (SSSR count). The number of carbonyl (C=O) groups excluding carboxylic acids is 13. The zero-order valence-electron chi connectivity index (χ0n) is 87.7.